The van der Waals surface area contributed by atoms with Crippen LogP contribution in [0.3, 0.4) is 0 Å². The number of guanidine groups is 1. The summed E-state index contributed by atoms with van der Waals surface area (Å²) in [6.45, 7) is 11.5. The van der Waals surface area contributed by atoms with Crippen LogP contribution in [-0.2, 0) is 4.74 Å². The van der Waals surface area contributed by atoms with Gasteiger partial charge in [-0.2, -0.15) is 0 Å². The van der Waals surface area contributed by atoms with Gasteiger partial charge in [0.1, 0.15) is 0 Å². The van der Waals surface area contributed by atoms with Crippen LogP contribution in [0, 0.1) is 5.92 Å². The third kappa shape index (κ3) is 8.36. The predicted octanol–water partition coefficient (Wildman–Crippen LogP) is 2.77. The van der Waals surface area contributed by atoms with E-state index in [0.29, 0.717) is 12.5 Å². The van der Waals surface area contributed by atoms with E-state index in [1.807, 2.05) is 37.3 Å². The Morgan fingerprint density at radius 2 is 1.88 bits per heavy atom. The fraction of sp³-hybridized carbons (Fsp3) is 0.650. The Kier molecular flexibility index (Phi) is 10.9. The van der Waals surface area contributed by atoms with Gasteiger partial charge < -0.3 is 20.5 Å². The summed E-state index contributed by atoms with van der Waals surface area (Å²) in [4.78, 5) is 4.64. The van der Waals surface area contributed by atoms with E-state index in [0.717, 1.165) is 37.6 Å². The van der Waals surface area contributed by atoms with Crippen LogP contribution < -0.4 is 10.6 Å². The van der Waals surface area contributed by atoms with Crippen LogP contribution in [0.15, 0.2) is 35.3 Å². The van der Waals surface area contributed by atoms with E-state index in [2.05, 4.69) is 36.4 Å². The number of aliphatic hydroxyl groups excluding tert-OH is 1. The second-order valence-corrected chi connectivity index (χ2v) is 6.46. The smallest absolute Gasteiger partial charge is 0.191 e. The second-order valence-electron chi connectivity index (χ2n) is 6.46. The second kappa shape index (κ2) is 12.7. The van der Waals surface area contributed by atoms with Crippen molar-refractivity contribution in [2.24, 2.45) is 10.9 Å². The maximum atomic E-state index is 9.66. The first kappa shape index (κ1) is 21.5. The first-order valence-corrected chi connectivity index (χ1v) is 9.41. The maximum Gasteiger partial charge on any atom is 0.191 e. The van der Waals surface area contributed by atoms with Gasteiger partial charge in [-0.1, -0.05) is 44.2 Å². The van der Waals surface area contributed by atoms with Crippen molar-refractivity contribution in [2.75, 3.05) is 32.8 Å². The van der Waals surface area contributed by atoms with Crippen LogP contribution >= 0.6 is 0 Å². The monoisotopic (exact) mass is 349 g/mol. The molecule has 0 radical (unpaired) electrons. The summed E-state index contributed by atoms with van der Waals surface area (Å²) in [5.41, 5.74) is 1.11. The number of rotatable bonds is 11. The molecule has 0 aromatic heterocycles. The summed E-state index contributed by atoms with van der Waals surface area (Å²) in [6.07, 6.45) is 1.20. The summed E-state index contributed by atoms with van der Waals surface area (Å²) in [5, 5.41) is 16.3. The molecule has 0 saturated carbocycles. The van der Waals surface area contributed by atoms with Crippen molar-refractivity contribution in [3.63, 3.8) is 0 Å². The van der Waals surface area contributed by atoms with E-state index in [-0.39, 0.29) is 18.6 Å². The first-order chi connectivity index (χ1) is 12.1. The minimum atomic E-state index is 0.0171. The largest absolute Gasteiger partial charge is 0.396 e. The highest BCUT2D eigenvalue weighted by molar-refractivity contribution is 5.79. The Morgan fingerprint density at radius 3 is 2.44 bits per heavy atom. The van der Waals surface area contributed by atoms with Crippen molar-refractivity contribution in [3.05, 3.63) is 35.9 Å². The number of aliphatic imine (C=N–C) groups is 1. The van der Waals surface area contributed by atoms with Gasteiger partial charge >= 0.3 is 0 Å². The lowest BCUT2D eigenvalue weighted by atomic mass is 10.0. The Balaban J connectivity index is 2.58. The number of ether oxygens (including phenoxy) is 1. The number of aliphatic hydroxyl groups is 1. The zero-order valence-corrected chi connectivity index (χ0v) is 16.2. The van der Waals surface area contributed by atoms with Gasteiger partial charge in [-0.15, -0.1) is 0 Å². The van der Waals surface area contributed by atoms with Crippen LogP contribution in [0.25, 0.3) is 0 Å². The highest BCUT2D eigenvalue weighted by Crippen LogP contribution is 2.15. The van der Waals surface area contributed by atoms with Gasteiger partial charge in [0.2, 0.25) is 0 Å². The fourth-order valence-corrected chi connectivity index (χ4v) is 2.69. The molecular weight excluding hydrogens is 314 g/mol. The zero-order valence-electron chi connectivity index (χ0n) is 16.2. The lowest BCUT2D eigenvalue weighted by Crippen LogP contribution is -2.39. The van der Waals surface area contributed by atoms with Crippen LogP contribution in [0.5, 0.6) is 0 Å². The molecule has 1 aromatic rings. The topological polar surface area (TPSA) is 65.9 Å². The molecule has 0 amide bonds. The molecule has 0 saturated heterocycles. The third-order valence-corrected chi connectivity index (χ3v) is 4.15. The van der Waals surface area contributed by atoms with Gasteiger partial charge in [0, 0.05) is 25.6 Å². The molecule has 0 fully saturated rings. The average molecular weight is 350 g/mol. The molecule has 2 unspecified atom stereocenters. The molecule has 142 valence electrons. The Morgan fingerprint density at radius 1 is 1.16 bits per heavy atom. The van der Waals surface area contributed by atoms with E-state index >= 15 is 0 Å². The number of hydrogen-bond donors (Lipinski definition) is 3. The van der Waals surface area contributed by atoms with Gasteiger partial charge in [0.15, 0.2) is 5.96 Å². The minimum absolute atomic E-state index is 0.0171. The SMILES string of the molecule is CCNC(=NCC(CO)c1ccccc1)NCCC(OCC)C(C)C. The van der Waals surface area contributed by atoms with E-state index in [9.17, 15) is 5.11 Å². The number of hydrogen-bond acceptors (Lipinski definition) is 3. The van der Waals surface area contributed by atoms with Gasteiger partial charge in [-0.3, -0.25) is 4.99 Å². The molecule has 1 rings (SSSR count). The van der Waals surface area contributed by atoms with Crippen LogP contribution in [0.4, 0.5) is 0 Å². The van der Waals surface area contributed by atoms with E-state index in [1.54, 1.807) is 0 Å². The van der Waals surface area contributed by atoms with Crippen molar-refractivity contribution in [1.29, 1.82) is 0 Å². The Bertz CT molecular complexity index is 477. The van der Waals surface area contributed by atoms with Crippen molar-refractivity contribution >= 4 is 5.96 Å². The van der Waals surface area contributed by atoms with Crippen molar-refractivity contribution in [3.8, 4) is 0 Å². The van der Waals surface area contributed by atoms with Gasteiger partial charge in [-0.05, 0) is 31.7 Å². The summed E-state index contributed by atoms with van der Waals surface area (Å²) in [6, 6.07) is 10.0. The highest BCUT2D eigenvalue weighted by Gasteiger charge is 2.13. The predicted molar refractivity (Wildman–Crippen MR) is 105 cm³/mol. The molecule has 0 heterocycles. The molecule has 0 aliphatic rings. The quantitative estimate of drug-likeness (QED) is 0.424. The standard InChI is InChI=1S/C20H35N3O2/c1-5-21-20(22-13-12-19(16(3)4)25-6-2)23-14-18(15-24)17-10-8-7-9-11-17/h7-11,16,18-19,24H,5-6,12-15H2,1-4H3,(H2,21,22,23). The molecule has 2 atom stereocenters. The molecule has 1 aromatic carbocycles. The lowest BCUT2D eigenvalue weighted by Gasteiger charge is -2.21. The van der Waals surface area contributed by atoms with Crippen molar-refractivity contribution in [1.82, 2.24) is 10.6 Å². The third-order valence-electron chi connectivity index (χ3n) is 4.15. The molecule has 5 heteroatoms. The van der Waals surface area contributed by atoms with Crippen molar-refractivity contribution < 1.29 is 9.84 Å². The number of nitrogens with one attached hydrogen (secondary N) is 2. The normalized spacial score (nSPS) is 14.4. The van der Waals surface area contributed by atoms with E-state index < -0.39 is 0 Å². The van der Waals surface area contributed by atoms with Crippen molar-refractivity contribution in [2.45, 2.75) is 46.1 Å². The maximum absolute atomic E-state index is 9.66. The summed E-state index contributed by atoms with van der Waals surface area (Å²) in [7, 11) is 0. The molecule has 25 heavy (non-hydrogen) atoms. The van der Waals surface area contributed by atoms with Gasteiger partial charge in [0.25, 0.3) is 0 Å². The molecule has 5 nitrogen and oxygen atoms in total. The number of nitrogens with zero attached hydrogens (tertiary/aromatic N) is 1. The molecule has 0 aliphatic carbocycles. The summed E-state index contributed by atoms with van der Waals surface area (Å²) in [5.74, 6) is 1.30. The van der Waals surface area contributed by atoms with E-state index in [1.165, 1.54) is 0 Å². The lowest BCUT2D eigenvalue weighted by molar-refractivity contribution is 0.0258. The van der Waals surface area contributed by atoms with Gasteiger partial charge in [0.05, 0.1) is 19.3 Å². The molecule has 0 bridgehead atoms. The zero-order chi connectivity index (χ0) is 18.5. The first-order valence-electron chi connectivity index (χ1n) is 9.41. The van der Waals surface area contributed by atoms with Crippen LogP contribution in [0.2, 0.25) is 0 Å². The van der Waals surface area contributed by atoms with E-state index in [4.69, 9.17) is 4.74 Å². The fourth-order valence-electron chi connectivity index (χ4n) is 2.69. The highest BCUT2D eigenvalue weighted by atomic mass is 16.5. The molecule has 3 N–H and O–H groups in total. The average Bonchev–Trinajstić information content (AvgIpc) is 2.62. The molecular formula is C20H35N3O2. The molecule has 0 spiro atoms. The number of benzene rings is 1. The Hall–Kier alpha value is -1.59. The summed E-state index contributed by atoms with van der Waals surface area (Å²) >= 11 is 0. The Labute approximate surface area is 152 Å². The van der Waals surface area contributed by atoms with Crippen LogP contribution in [0.1, 0.15) is 45.6 Å². The molecule has 0 aliphatic heterocycles. The summed E-state index contributed by atoms with van der Waals surface area (Å²) < 4.78 is 5.79. The van der Waals surface area contributed by atoms with Crippen LogP contribution in [-0.4, -0.2) is 50.0 Å². The van der Waals surface area contributed by atoms with Gasteiger partial charge in [-0.25, -0.2) is 0 Å². The minimum Gasteiger partial charge on any atom is -0.396 e.